The van der Waals surface area contributed by atoms with Crippen molar-refractivity contribution >= 4 is 21.9 Å². The van der Waals surface area contributed by atoms with Crippen LogP contribution in [0.15, 0.2) is 97.7 Å². The van der Waals surface area contributed by atoms with Crippen LogP contribution in [0.2, 0.25) is 0 Å². The number of nitrogens with one attached hydrogen (secondary N) is 3. The van der Waals surface area contributed by atoms with E-state index < -0.39 is 0 Å². The van der Waals surface area contributed by atoms with Gasteiger partial charge in [-0.25, -0.2) is 9.37 Å². The van der Waals surface area contributed by atoms with E-state index in [2.05, 4.69) is 47.6 Å². The van der Waals surface area contributed by atoms with Crippen LogP contribution in [0.1, 0.15) is 11.1 Å². The second-order valence-electron chi connectivity index (χ2n) is 9.47. The van der Waals surface area contributed by atoms with Gasteiger partial charge in [0.15, 0.2) is 5.82 Å². The largest absolute Gasteiger partial charge is 0.336 e. The van der Waals surface area contributed by atoms with Crippen LogP contribution in [0.5, 0.6) is 0 Å². The topological polar surface area (TPSA) is 108 Å². The highest BCUT2D eigenvalue weighted by Gasteiger charge is 2.20. The molecule has 0 fully saturated rings. The van der Waals surface area contributed by atoms with Gasteiger partial charge in [-0.05, 0) is 47.5 Å². The fourth-order valence-corrected chi connectivity index (χ4v) is 4.91. The van der Waals surface area contributed by atoms with E-state index in [1.165, 1.54) is 5.56 Å². The number of H-pyrrole nitrogens is 2. The van der Waals surface area contributed by atoms with E-state index in [1.54, 1.807) is 37.1 Å². The van der Waals surface area contributed by atoms with Crippen LogP contribution in [0, 0.1) is 5.82 Å². The first-order valence-electron chi connectivity index (χ1n) is 12.9. The quantitative estimate of drug-likeness (QED) is 0.233. The van der Waals surface area contributed by atoms with Gasteiger partial charge >= 0.3 is 0 Å². The van der Waals surface area contributed by atoms with E-state index in [4.69, 9.17) is 4.98 Å². The summed E-state index contributed by atoms with van der Waals surface area (Å²) in [5, 5.41) is 11.2. The Balaban J connectivity index is 1.23. The molecule has 194 valence electrons. The molecule has 0 radical (unpaired) electrons. The first kappa shape index (κ1) is 23.8. The monoisotopic (exact) mass is 526 g/mol. The molecule has 0 aliphatic carbocycles. The molecule has 0 amide bonds. The summed E-state index contributed by atoms with van der Waals surface area (Å²) in [4.78, 5) is 21.1. The van der Waals surface area contributed by atoms with Crippen LogP contribution in [0.3, 0.4) is 0 Å². The highest BCUT2D eigenvalue weighted by molar-refractivity contribution is 5.98. The van der Waals surface area contributed by atoms with Gasteiger partial charge in [-0.1, -0.05) is 30.3 Å². The number of nitrogens with zero attached hydrogens (tertiary/aromatic N) is 5. The van der Waals surface area contributed by atoms with E-state index in [-0.39, 0.29) is 5.82 Å². The van der Waals surface area contributed by atoms with Crippen molar-refractivity contribution < 1.29 is 4.39 Å². The molecule has 0 bridgehead atoms. The van der Waals surface area contributed by atoms with E-state index in [9.17, 15) is 0 Å². The first-order chi connectivity index (χ1) is 19.7. The van der Waals surface area contributed by atoms with E-state index in [0.29, 0.717) is 51.3 Å². The molecule has 5 aromatic heterocycles. The Morgan fingerprint density at radius 3 is 2.48 bits per heavy atom. The molecule has 0 saturated carbocycles. The van der Waals surface area contributed by atoms with Gasteiger partial charge in [0.25, 0.3) is 0 Å². The van der Waals surface area contributed by atoms with Crippen molar-refractivity contribution in [2.75, 3.05) is 0 Å². The molecule has 0 saturated heterocycles. The molecule has 0 aliphatic rings. The van der Waals surface area contributed by atoms with Gasteiger partial charge in [0, 0.05) is 60.8 Å². The highest BCUT2D eigenvalue weighted by atomic mass is 19.1. The number of hydrogen-bond acceptors (Lipinski definition) is 6. The summed E-state index contributed by atoms with van der Waals surface area (Å²) < 4.78 is 16.2. The standard InChI is InChI=1S/C31H23FN8/c32-27-23(22-14-20(17-35-18-22)16-34-15-19-4-2-1-3-5-19)6-7-24-26(27)30(40-39-24)31-37-25-10-13-36-28(29(25)38-31)21-8-11-33-12-9-21/h1-14,17-18,34H,15-16H2,(H,37,38)(H,39,40). The summed E-state index contributed by atoms with van der Waals surface area (Å²) in [6.45, 7) is 1.35. The van der Waals surface area contributed by atoms with Crippen molar-refractivity contribution in [2.24, 2.45) is 0 Å². The maximum atomic E-state index is 16.2. The Hall–Kier alpha value is -5.28. The first-order valence-corrected chi connectivity index (χ1v) is 12.9. The van der Waals surface area contributed by atoms with Crippen LogP contribution in [0.25, 0.3) is 55.8 Å². The Morgan fingerprint density at radius 1 is 0.750 bits per heavy atom. The number of rotatable bonds is 7. The van der Waals surface area contributed by atoms with Gasteiger partial charge < -0.3 is 10.3 Å². The minimum Gasteiger partial charge on any atom is -0.336 e. The molecule has 2 aromatic carbocycles. The minimum absolute atomic E-state index is 0.364. The van der Waals surface area contributed by atoms with Crippen LogP contribution in [-0.2, 0) is 13.1 Å². The Labute approximate surface area is 228 Å². The Bertz CT molecular complexity index is 1950. The van der Waals surface area contributed by atoms with Crippen LogP contribution in [-0.4, -0.2) is 35.1 Å². The number of aromatic amines is 2. The molecule has 7 aromatic rings. The molecule has 0 spiro atoms. The molecule has 3 N–H and O–H groups in total. The lowest BCUT2D eigenvalue weighted by molar-refractivity contribution is 0.643. The number of benzene rings is 2. The van der Waals surface area contributed by atoms with Crippen LogP contribution in [0.4, 0.5) is 4.39 Å². The molecule has 0 unspecified atom stereocenters. The minimum atomic E-state index is -0.384. The Morgan fingerprint density at radius 2 is 1.60 bits per heavy atom. The maximum Gasteiger partial charge on any atom is 0.159 e. The lowest BCUT2D eigenvalue weighted by Crippen LogP contribution is -2.12. The van der Waals surface area contributed by atoms with Crippen molar-refractivity contribution in [1.82, 2.24) is 40.4 Å². The van der Waals surface area contributed by atoms with E-state index >= 15 is 4.39 Å². The maximum absolute atomic E-state index is 16.2. The third-order valence-corrected chi connectivity index (χ3v) is 6.85. The summed E-state index contributed by atoms with van der Waals surface area (Å²) in [6, 6.07) is 21.3. The summed E-state index contributed by atoms with van der Waals surface area (Å²) in [5.74, 6) is 0.0722. The van der Waals surface area contributed by atoms with Gasteiger partial charge in [-0.3, -0.25) is 20.1 Å². The van der Waals surface area contributed by atoms with E-state index in [0.717, 1.165) is 23.2 Å². The zero-order valence-corrected chi connectivity index (χ0v) is 21.3. The zero-order valence-electron chi connectivity index (χ0n) is 21.3. The van der Waals surface area contributed by atoms with Gasteiger partial charge in [-0.15, -0.1) is 0 Å². The Kier molecular flexibility index (Phi) is 6.02. The molecule has 5 heterocycles. The summed E-state index contributed by atoms with van der Waals surface area (Å²) in [7, 11) is 0. The highest BCUT2D eigenvalue weighted by Crippen LogP contribution is 2.35. The molecule has 8 nitrogen and oxygen atoms in total. The summed E-state index contributed by atoms with van der Waals surface area (Å²) >= 11 is 0. The smallest absolute Gasteiger partial charge is 0.159 e. The molecular weight excluding hydrogens is 503 g/mol. The molecular formula is C31H23FN8. The lowest BCUT2D eigenvalue weighted by atomic mass is 10.0. The van der Waals surface area contributed by atoms with Crippen molar-refractivity contribution in [3.05, 3.63) is 115 Å². The zero-order chi connectivity index (χ0) is 26.9. The summed E-state index contributed by atoms with van der Waals surface area (Å²) in [6.07, 6.45) is 8.62. The fraction of sp³-hybridized carbons (Fsp3) is 0.0645. The molecule has 0 aliphatic heterocycles. The third kappa shape index (κ3) is 4.38. The summed E-state index contributed by atoms with van der Waals surface area (Å²) in [5.41, 5.74) is 7.36. The predicted octanol–water partition coefficient (Wildman–Crippen LogP) is 6.05. The number of imidazole rings is 1. The fourth-order valence-electron chi connectivity index (χ4n) is 4.91. The molecule has 9 heteroatoms. The SMILES string of the molecule is Fc1c(-c2cncc(CNCc3ccccc3)c2)ccc2[nH]nc(-c3nc4c(-c5ccncc5)nccc4[nH]3)c12. The number of fused-ring (bicyclic) bond motifs is 2. The normalized spacial score (nSPS) is 11.4. The molecule has 40 heavy (non-hydrogen) atoms. The molecule has 7 rings (SSSR count). The van der Waals surface area contributed by atoms with Crippen molar-refractivity contribution in [2.45, 2.75) is 13.1 Å². The van der Waals surface area contributed by atoms with Gasteiger partial charge in [0.2, 0.25) is 0 Å². The van der Waals surface area contributed by atoms with Crippen molar-refractivity contribution in [1.29, 1.82) is 0 Å². The predicted molar refractivity (Wildman–Crippen MR) is 152 cm³/mol. The van der Waals surface area contributed by atoms with Crippen molar-refractivity contribution in [3.8, 4) is 33.9 Å². The van der Waals surface area contributed by atoms with Gasteiger partial charge in [0.05, 0.1) is 22.1 Å². The number of pyridine rings is 3. The van der Waals surface area contributed by atoms with E-state index in [1.807, 2.05) is 48.5 Å². The number of aromatic nitrogens is 7. The molecule has 0 atom stereocenters. The lowest BCUT2D eigenvalue weighted by Gasteiger charge is -2.09. The number of halogens is 1. The van der Waals surface area contributed by atoms with Crippen LogP contribution < -0.4 is 5.32 Å². The van der Waals surface area contributed by atoms with Crippen molar-refractivity contribution in [3.63, 3.8) is 0 Å². The van der Waals surface area contributed by atoms with Gasteiger partial charge in [0.1, 0.15) is 17.0 Å². The second kappa shape index (κ2) is 10.1. The third-order valence-electron chi connectivity index (χ3n) is 6.85. The average Bonchev–Trinajstić information content (AvgIpc) is 3.63. The second-order valence-corrected chi connectivity index (χ2v) is 9.47. The van der Waals surface area contributed by atoms with Crippen LogP contribution >= 0.6 is 0 Å². The van der Waals surface area contributed by atoms with Gasteiger partial charge in [-0.2, -0.15) is 5.10 Å². The number of hydrogen-bond donors (Lipinski definition) is 3. The average molecular weight is 527 g/mol.